The van der Waals surface area contributed by atoms with Gasteiger partial charge >= 0.3 is 5.97 Å². The molecule has 1 aromatic rings. The first-order valence-electron chi connectivity index (χ1n) is 5.45. The average Bonchev–Trinajstić information content (AvgIpc) is 2.17. The van der Waals surface area contributed by atoms with E-state index in [0.717, 1.165) is 12.2 Å². The molecule has 0 amide bonds. The van der Waals surface area contributed by atoms with Crippen molar-refractivity contribution >= 4 is 11.8 Å². The highest BCUT2D eigenvalue weighted by Gasteiger charge is 2.18. The smallest absolute Gasteiger partial charge is 0.339 e. The van der Waals surface area contributed by atoms with E-state index in [0.29, 0.717) is 5.82 Å². The minimum atomic E-state index is -0.929. The van der Waals surface area contributed by atoms with Crippen molar-refractivity contribution in [2.24, 2.45) is 0 Å². The van der Waals surface area contributed by atoms with Crippen LogP contribution in [0.25, 0.3) is 0 Å². The molecule has 0 unspecified atom stereocenters. The molecule has 0 bridgehead atoms. The van der Waals surface area contributed by atoms with Crippen LogP contribution in [0.15, 0.2) is 12.1 Å². The van der Waals surface area contributed by atoms with Crippen LogP contribution >= 0.6 is 0 Å². The number of carbonyl (C=O) groups is 1. The highest BCUT2D eigenvalue weighted by Crippen LogP contribution is 2.20. The molecular weight excluding hydrogens is 204 g/mol. The molecule has 88 valence electrons. The number of rotatable bonds is 4. The fourth-order valence-electron chi connectivity index (χ4n) is 1.69. The lowest BCUT2D eigenvalue weighted by atomic mass is 10.2. The molecule has 0 aliphatic carbocycles. The molecule has 0 radical (unpaired) electrons. The van der Waals surface area contributed by atoms with Gasteiger partial charge in [-0.05, 0) is 39.8 Å². The summed E-state index contributed by atoms with van der Waals surface area (Å²) < 4.78 is 0. The summed E-state index contributed by atoms with van der Waals surface area (Å²) in [6.45, 7) is 8.66. The van der Waals surface area contributed by atoms with Gasteiger partial charge in [-0.15, -0.1) is 0 Å². The van der Waals surface area contributed by atoms with Crippen LogP contribution in [-0.2, 0) is 0 Å². The average molecular weight is 222 g/mol. The molecule has 16 heavy (non-hydrogen) atoms. The molecule has 4 heteroatoms. The molecule has 1 heterocycles. The largest absolute Gasteiger partial charge is 0.478 e. The van der Waals surface area contributed by atoms with E-state index >= 15 is 0 Å². The second-order valence-corrected chi connectivity index (χ2v) is 4.01. The highest BCUT2D eigenvalue weighted by molar-refractivity contribution is 5.93. The quantitative estimate of drug-likeness (QED) is 0.849. The first-order valence-corrected chi connectivity index (χ1v) is 5.45. The van der Waals surface area contributed by atoms with E-state index in [-0.39, 0.29) is 11.6 Å². The molecule has 0 saturated heterocycles. The molecule has 0 atom stereocenters. The van der Waals surface area contributed by atoms with Gasteiger partial charge < -0.3 is 10.0 Å². The lowest BCUT2D eigenvalue weighted by molar-refractivity contribution is 0.0697. The van der Waals surface area contributed by atoms with Gasteiger partial charge in [-0.3, -0.25) is 0 Å². The molecular formula is C12H18N2O2. The minimum Gasteiger partial charge on any atom is -0.478 e. The summed E-state index contributed by atoms with van der Waals surface area (Å²) >= 11 is 0. The maximum absolute atomic E-state index is 11.1. The molecule has 0 saturated carbocycles. The second kappa shape index (κ2) is 4.96. The van der Waals surface area contributed by atoms with Gasteiger partial charge in [0.15, 0.2) is 0 Å². The molecule has 1 aromatic heterocycles. The Morgan fingerprint density at radius 2 is 2.12 bits per heavy atom. The van der Waals surface area contributed by atoms with E-state index in [1.54, 1.807) is 12.1 Å². The topological polar surface area (TPSA) is 53.4 Å². The number of anilines is 1. The Kier molecular flexibility index (Phi) is 3.88. The molecule has 0 fully saturated rings. The van der Waals surface area contributed by atoms with E-state index < -0.39 is 5.97 Å². The van der Waals surface area contributed by atoms with Gasteiger partial charge in [0, 0.05) is 18.3 Å². The number of carboxylic acids is 1. The lowest BCUT2D eigenvalue weighted by Gasteiger charge is -2.27. The zero-order chi connectivity index (χ0) is 12.3. The van der Waals surface area contributed by atoms with E-state index in [4.69, 9.17) is 5.11 Å². The third-order valence-electron chi connectivity index (χ3n) is 2.48. The van der Waals surface area contributed by atoms with Crippen molar-refractivity contribution in [2.45, 2.75) is 33.7 Å². The van der Waals surface area contributed by atoms with Gasteiger partial charge in [-0.1, -0.05) is 0 Å². The van der Waals surface area contributed by atoms with Crippen molar-refractivity contribution in [1.29, 1.82) is 0 Å². The van der Waals surface area contributed by atoms with Crippen LogP contribution in [0.5, 0.6) is 0 Å². The molecule has 0 aromatic carbocycles. The summed E-state index contributed by atoms with van der Waals surface area (Å²) in [6.07, 6.45) is 0. The van der Waals surface area contributed by atoms with Gasteiger partial charge in [-0.2, -0.15) is 0 Å². The van der Waals surface area contributed by atoms with Crippen molar-refractivity contribution in [2.75, 3.05) is 11.4 Å². The summed E-state index contributed by atoms with van der Waals surface area (Å²) in [7, 11) is 0. The number of hydrogen-bond donors (Lipinski definition) is 1. The van der Waals surface area contributed by atoms with Gasteiger partial charge in [-0.25, -0.2) is 9.78 Å². The monoisotopic (exact) mass is 222 g/mol. The highest BCUT2D eigenvalue weighted by atomic mass is 16.4. The van der Waals surface area contributed by atoms with Crippen LogP contribution in [-0.4, -0.2) is 28.6 Å². The summed E-state index contributed by atoms with van der Waals surface area (Å²) in [5.41, 5.74) is 1.10. The van der Waals surface area contributed by atoms with Crippen LogP contribution in [0.2, 0.25) is 0 Å². The van der Waals surface area contributed by atoms with E-state index in [2.05, 4.69) is 4.98 Å². The van der Waals surface area contributed by atoms with Gasteiger partial charge in [0.1, 0.15) is 11.4 Å². The number of pyridine rings is 1. The second-order valence-electron chi connectivity index (χ2n) is 4.01. The third kappa shape index (κ3) is 2.51. The molecule has 1 N–H and O–H groups in total. The summed E-state index contributed by atoms with van der Waals surface area (Å²) in [5, 5.41) is 9.12. The number of aryl methyl sites for hydroxylation is 1. The zero-order valence-corrected chi connectivity index (χ0v) is 10.2. The first kappa shape index (κ1) is 12.5. The zero-order valence-electron chi connectivity index (χ0n) is 10.2. The number of aromatic carboxylic acids is 1. The van der Waals surface area contributed by atoms with Crippen LogP contribution in [0.1, 0.15) is 36.8 Å². The molecule has 0 aliphatic rings. The van der Waals surface area contributed by atoms with Crippen LogP contribution in [0.3, 0.4) is 0 Å². The van der Waals surface area contributed by atoms with Gasteiger partial charge in [0.25, 0.3) is 0 Å². The normalized spacial score (nSPS) is 10.6. The van der Waals surface area contributed by atoms with E-state index in [9.17, 15) is 4.79 Å². The van der Waals surface area contributed by atoms with E-state index in [1.807, 2.05) is 32.6 Å². The molecule has 4 nitrogen and oxygen atoms in total. The maximum Gasteiger partial charge on any atom is 0.339 e. The van der Waals surface area contributed by atoms with Crippen LogP contribution in [0, 0.1) is 6.92 Å². The Balaban J connectivity index is 3.27. The summed E-state index contributed by atoms with van der Waals surface area (Å²) in [5.74, 6) is -0.369. The Morgan fingerprint density at radius 3 is 2.56 bits per heavy atom. The summed E-state index contributed by atoms with van der Waals surface area (Å²) in [4.78, 5) is 17.4. The van der Waals surface area contributed by atoms with Crippen LogP contribution < -0.4 is 4.90 Å². The predicted molar refractivity (Wildman–Crippen MR) is 64.1 cm³/mol. The van der Waals surface area contributed by atoms with Gasteiger partial charge in [0.05, 0.1) is 0 Å². The number of hydrogen-bond acceptors (Lipinski definition) is 3. The van der Waals surface area contributed by atoms with Crippen molar-refractivity contribution in [3.05, 3.63) is 23.4 Å². The molecule has 0 spiro atoms. The Morgan fingerprint density at radius 1 is 1.50 bits per heavy atom. The third-order valence-corrected chi connectivity index (χ3v) is 2.48. The van der Waals surface area contributed by atoms with Crippen molar-refractivity contribution in [1.82, 2.24) is 4.98 Å². The van der Waals surface area contributed by atoms with Crippen molar-refractivity contribution in [3.8, 4) is 0 Å². The first-order chi connectivity index (χ1) is 7.47. The van der Waals surface area contributed by atoms with E-state index in [1.165, 1.54) is 0 Å². The SMILES string of the molecule is CCN(c1nc(C)ccc1C(=O)O)C(C)C. The molecule has 1 rings (SSSR count). The number of nitrogens with zero attached hydrogens (tertiary/aromatic N) is 2. The predicted octanol–water partition coefficient (Wildman–Crippen LogP) is 2.32. The Labute approximate surface area is 95.9 Å². The fourth-order valence-corrected chi connectivity index (χ4v) is 1.69. The molecule has 0 aliphatic heterocycles. The fraction of sp³-hybridized carbons (Fsp3) is 0.500. The number of carboxylic acid groups (broad SMARTS) is 1. The standard InChI is InChI=1S/C12H18N2O2/c1-5-14(8(2)3)11-10(12(15)16)7-6-9(4)13-11/h6-8H,5H2,1-4H3,(H,15,16). The van der Waals surface area contributed by atoms with Crippen molar-refractivity contribution in [3.63, 3.8) is 0 Å². The number of aromatic nitrogens is 1. The Bertz CT molecular complexity index is 389. The Hall–Kier alpha value is -1.58. The van der Waals surface area contributed by atoms with Crippen molar-refractivity contribution < 1.29 is 9.90 Å². The van der Waals surface area contributed by atoms with Gasteiger partial charge in [0.2, 0.25) is 0 Å². The minimum absolute atomic E-state index is 0.234. The maximum atomic E-state index is 11.1. The lowest BCUT2D eigenvalue weighted by Crippen LogP contribution is -2.32. The van der Waals surface area contributed by atoms with Crippen LogP contribution in [0.4, 0.5) is 5.82 Å². The summed E-state index contributed by atoms with van der Waals surface area (Å²) in [6, 6.07) is 3.57.